The summed E-state index contributed by atoms with van der Waals surface area (Å²) in [6.45, 7) is 0. The van der Waals surface area contributed by atoms with Crippen molar-refractivity contribution in [1.29, 1.82) is 0 Å². The number of hydrogen-bond acceptors (Lipinski definition) is 3. The highest BCUT2D eigenvalue weighted by molar-refractivity contribution is 6.31. The summed E-state index contributed by atoms with van der Waals surface area (Å²) in [4.78, 5) is 12.3. The quantitative estimate of drug-likeness (QED) is 0.245. The Morgan fingerprint density at radius 3 is 2.28 bits per heavy atom. The van der Waals surface area contributed by atoms with E-state index >= 15 is 0 Å². The largest absolute Gasteiger partial charge is 0.519 e. The van der Waals surface area contributed by atoms with Gasteiger partial charge in [-0.2, -0.15) is 0 Å². The van der Waals surface area contributed by atoms with Crippen LogP contribution in [0, 0.1) is 0 Å². The molecule has 0 amide bonds. The molecule has 4 rings (SSSR count). The van der Waals surface area contributed by atoms with Crippen LogP contribution >= 0.6 is 11.6 Å². The van der Waals surface area contributed by atoms with Gasteiger partial charge < -0.3 is 9.47 Å². The van der Waals surface area contributed by atoms with Gasteiger partial charge in [0.1, 0.15) is 11.5 Å². The van der Waals surface area contributed by atoms with Crippen LogP contribution in [0.4, 0.5) is 4.79 Å². The van der Waals surface area contributed by atoms with Crippen LogP contribution in [0.25, 0.3) is 21.5 Å². The fourth-order valence-electron chi connectivity index (χ4n) is 2.80. The lowest BCUT2D eigenvalue weighted by atomic mass is 10.0. The average molecular weight is 349 g/mol. The van der Waals surface area contributed by atoms with Gasteiger partial charge >= 0.3 is 6.16 Å². The molecular weight excluding hydrogens is 336 g/mol. The summed E-state index contributed by atoms with van der Waals surface area (Å²) in [6, 6.07) is 24.0. The highest BCUT2D eigenvalue weighted by Crippen LogP contribution is 2.36. The summed E-state index contributed by atoms with van der Waals surface area (Å²) in [6.07, 6.45) is -0.779. The molecular formula is C21H13ClO3. The van der Waals surface area contributed by atoms with Crippen molar-refractivity contribution in [2.24, 2.45) is 0 Å². The Kier molecular flexibility index (Phi) is 4.00. The average Bonchev–Trinajstić information content (AvgIpc) is 2.62. The van der Waals surface area contributed by atoms with Crippen LogP contribution in [-0.2, 0) is 0 Å². The van der Waals surface area contributed by atoms with Gasteiger partial charge in [0.2, 0.25) is 0 Å². The molecule has 4 aromatic rings. The highest BCUT2D eigenvalue weighted by Gasteiger charge is 2.15. The minimum absolute atomic E-state index is 0.431. The van der Waals surface area contributed by atoms with Crippen LogP contribution in [0.5, 0.6) is 11.5 Å². The highest BCUT2D eigenvalue weighted by atomic mass is 35.5. The van der Waals surface area contributed by atoms with E-state index in [1.165, 1.54) is 0 Å². The lowest BCUT2D eigenvalue weighted by Gasteiger charge is -2.12. The number of para-hydroxylation sites is 1. The van der Waals surface area contributed by atoms with Crippen LogP contribution in [0.3, 0.4) is 0 Å². The first-order valence-electron chi connectivity index (χ1n) is 7.76. The van der Waals surface area contributed by atoms with Gasteiger partial charge in [0.15, 0.2) is 0 Å². The molecule has 4 heteroatoms. The van der Waals surface area contributed by atoms with E-state index < -0.39 is 6.16 Å². The molecule has 0 aliphatic rings. The molecule has 0 saturated carbocycles. The number of ether oxygens (including phenoxy) is 2. The van der Waals surface area contributed by atoms with Crippen LogP contribution in [0.1, 0.15) is 0 Å². The van der Waals surface area contributed by atoms with Crippen molar-refractivity contribution >= 4 is 39.3 Å². The third kappa shape index (κ3) is 3.14. The minimum atomic E-state index is -0.779. The Bertz CT molecular complexity index is 1070. The maximum Gasteiger partial charge on any atom is 0.519 e. The lowest BCUT2D eigenvalue weighted by molar-refractivity contribution is 0.153. The number of fused-ring (bicyclic) bond motifs is 2. The van der Waals surface area contributed by atoms with Gasteiger partial charge in [-0.3, -0.25) is 0 Å². The Hall–Kier alpha value is -3.04. The van der Waals surface area contributed by atoms with Gasteiger partial charge in [-0.1, -0.05) is 54.1 Å². The molecule has 0 unspecified atom stereocenters. The van der Waals surface area contributed by atoms with E-state index in [9.17, 15) is 4.79 Å². The lowest BCUT2D eigenvalue weighted by Crippen LogP contribution is -2.14. The molecule has 0 radical (unpaired) electrons. The van der Waals surface area contributed by atoms with Crippen molar-refractivity contribution in [3.05, 3.63) is 83.9 Å². The second kappa shape index (κ2) is 6.46. The number of carbonyl (C=O) groups is 1. The fourth-order valence-corrected chi connectivity index (χ4v) is 2.98. The van der Waals surface area contributed by atoms with E-state index in [0.717, 1.165) is 21.5 Å². The first-order valence-corrected chi connectivity index (χ1v) is 8.14. The van der Waals surface area contributed by atoms with Crippen molar-refractivity contribution in [3.8, 4) is 11.5 Å². The third-order valence-electron chi connectivity index (χ3n) is 3.90. The second-order valence-electron chi connectivity index (χ2n) is 5.56. The molecule has 122 valence electrons. The molecule has 0 aliphatic carbocycles. The van der Waals surface area contributed by atoms with E-state index in [1.54, 1.807) is 30.3 Å². The summed E-state index contributed by atoms with van der Waals surface area (Å²) in [5, 5.41) is 4.12. The van der Waals surface area contributed by atoms with Gasteiger partial charge in [0, 0.05) is 15.8 Å². The Morgan fingerprint density at radius 2 is 1.44 bits per heavy atom. The van der Waals surface area contributed by atoms with E-state index in [4.69, 9.17) is 21.1 Å². The first kappa shape index (κ1) is 15.5. The Morgan fingerprint density at radius 1 is 0.720 bits per heavy atom. The normalized spacial score (nSPS) is 10.8. The second-order valence-corrected chi connectivity index (χ2v) is 6.00. The maximum absolute atomic E-state index is 12.3. The maximum atomic E-state index is 12.3. The van der Waals surface area contributed by atoms with Crippen LogP contribution in [0.2, 0.25) is 5.02 Å². The summed E-state index contributed by atoms with van der Waals surface area (Å²) >= 11 is 6.10. The Balaban J connectivity index is 1.79. The van der Waals surface area contributed by atoms with E-state index in [0.29, 0.717) is 16.5 Å². The van der Waals surface area contributed by atoms with Gasteiger partial charge in [0.05, 0.1) is 0 Å². The van der Waals surface area contributed by atoms with Crippen LogP contribution in [-0.4, -0.2) is 6.16 Å². The zero-order chi connectivity index (χ0) is 17.2. The van der Waals surface area contributed by atoms with E-state index in [-0.39, 0.29) is 0 Å². The summed E-state index contributed by atoms with van der Waals surface area (Å²) < 4.78 is 10.8. The fraction of sp³-hybridized carbons (Fsp3) is 0. The molecule has 4 aromatic carbocycles. The molecule has 0 aliphatic heterocycles. The number of hydrogen-bond donors (Lipinski definition) is 0. The summed E-state index contributed by atoms with van der Waals surface area (Å²) in [7, 11) is 0. The molecule has 0 aromatic heterocycles. The molecule has 0 heterocycles. The van der Waals surface area contributed by atoms with Crippen molar-refractivity contribution in [3.63, 3.8) is 0 Å². The molecule has 0 atom stereocenters. The monoisotopic (exact) mass is 348 g/mol. The number of carbonyl (C=O) groups excluding carboxylic acids is 1. The predicted octanol–water partition coefficient (Wildman–Crippen LogP) is 6.22. The van der Waals surface area contributed by atoms with E-state index in [1.807, 2.05) is 48.5 Å². The topological polar surface area (TPSA) is 35.5 Å². The Labute approximate surface area is 149 Å². The molecule has 3 nitrogen and oxygen atoms in total. The van der Waals surface area contributed by atoms with Crippen molar-refractivity contribution < 1.29 is 14.3 Å². The van der Waals surface area contributed by atoms with Crippen LogP contribution < -0.4 is 9.47 Å². The van der Waals surface area contributed by atoms with Gasteiger partial charge in [0.25, 0.3) is 0 Å². The number of rotatable bonds is 2. The first-order chi connectivity index (χ1) is 12.2. The molecule has 0 spiro atoms. The molecule has 25 heavy (non-hydrogen) atoms. The zero-order valence-corrected chi connectivity index (χ0v) is 13.9. The van der Waals surface area contributed by atoms with E-state index in [2.05, 4.69) is 0 Å². The summed E-state index contributed by atoms with van der Waals surface area (Å²) in [5.74, 6) is 0.894. The smallest absolute Gasteiger partial charge is 0.395 e. The van der Waals surface area contributed by atoms with Crippen molar-refractivity contribution in [2.75, 3.05) is 0 Å². The van der Waals surface area contributed by atoms with Gasteiger partial charge in [-0.15, -0.1) is 0 Å². The van der Waals surface area contributed by atoms with Crippen LogP contribution in [0.15, 0.2) is 78.9 Å². The number of halogens is 1. The zero-order valence-electron chi connectivity index (χ0n) is 13.1. The minimum Gasteiger partial charge on any atom is -0.395 e. The van der Waals surface area contributed by atoms with Gasteiger partial charge in [-0.25, -0.2) is 4.79 Å². The SMILES string of the molecule is O=C(Oc1ccccc1)Oc1c2ccccc2cc2cc(Cl)ccc12. The predicted molar refractivity (Wildman–Crippen MR) is 99.6 cm³/mol. The van der Waals surface area contributed by atoms with Gasteiger partial charge in [-0.05, 0) is 47.2 Å². The number of benzene rings is 4. The van der Waals surface area contributed by atoms with Crippen molar-refractivity contribution in [2.45, 2.75) is 0 Å². The molecule has 0 N–H and O–H groups in total. The summed E-state index contributed by atoms with van der Waals surface area (Å²) in [5.41, 5.74) is 0. The third-order valence-corrected chi connectivity index (χ3v) is 4.14. The standard InChI is InChI=1S/C21H13ClO3/c22-16-10-11-19-15(13-16)12-14-6-4-5-9-18(14)20(19)25-21(23)24-17-7-2-1-3-8-17/h1-13H. The van der Waals surface area contributed by atoms with Crippen molar-refractivity contribution in [1.82, 2.24) is 0 Å². The molecule has 0 saturated heterocycles. The molecule has 0 fully saturated rings. The molecule has 0 bridgehead atoms.